The molecule has 2 aliphatic rings. The zero-order valence-corrected chi connectivity index (χ0v) is 22.8. The molecule has 0 N–H and O–H groups in total. The number of nitrogens with zero attached hydrogens (tertiary/aromatic N) is 5. The smallest absolute Gasteiger partial charge is 0.253 e. The number of aromatic nitrogens is 1. The number of pyridine rings is 1. The number of likely N-dealkylation sites (N-methyl/N-ethyl adjacent to an activating group) is 1. The zero-order valence-electron chi connectivity index (χ0n) is 20.4. The Hall–Kier alpha value is -1.41. The summed E-state index contributed by atoms with van der Waals surface area (Å²) in [5.74, 6) is 0.125. The van der Waals surface area contributed by atoms with Crippen molar-refractivity contribution in [3.05, 3.63) is 53.7 Å². The van der Waals surface area contributed by atoms with Gasteiger partial charge in [-0.2, -0.15) is 0 Å². The van der Waals surface area contributed by atoms with Gasteiger partial charge in [0.1, 0.15) is 0 Å². The molecule has 1 aromatic carbocycles. The van der Waals surface area contributed by atoms with Crippen LogP contribution in [-0.4, -0.2) is 95.9 Å². The van der Waals surface area contributed by atoms with E-state index in [0.717, 1.165) is 75.7 Å². The molecule has 0 radical (unpaired) electrons. The van der Waals surface area contributed by atoms with Gasteiger partial charge in [0.2, 0.25) is 0 Å². The lowest BCUT2D eigenvalue weighted by molar-refractivity contribution is 0.0664. The van der Waals surface area contributed by atoms with Gasteiger partial charge in [0, 0.05) is 82.3 Å². The standard InChI is InChI=1S/C25H35N5O.3ClH/c1-20(2)29-16-12-28(13-17-29)19-21-4-9-24(26-18-21)22-5-7-23(8-6-22)25(31)30-14-10-27(3)11-15-30;;;/h4-9,18,20H,10-17,19H2,1-3H3;3*1H. The minimum absolute atomic E-state index is 0. The van der Waals surface area contributed by atoms with Gasteiger partial charge >= 0.3 is 0 Å². The summed E-state index contributed by atoms with van der Waals surface area (Å²) in [6, 6.07) is 12.8. The van der Waals surface area contributed by atoms with Crippen molar-refractivity contribution >= 4 is 43.1 Å². The summed E-state index contributed by atoms with van der Waals surface area (Å²) in [4.78, 5) is 26.7. The summed E-state index contributed by atoms with van der Waals surface area (Å²) in [5.41, 5.74) is 4.01. The van der Waals surface area contributed by atoms with Crippen molar-refractivity contribution in [2.75, 3.05) is 59.4 Å². The number of carbonyl (C=O) groups is 1. The van der Waals surface area contributed by atoms with E-state index in [1.54, 1.807) is 0 Å². The van der Waals surface area contributed by atoms with Gasteiger partial charge in [-0.15, -0.1) is 37.2 Å². The van der Waals surface area contributed by atoms with Crippen LogP contribution in [0.4, 0.5) is 0 Å². The Morgan fingerprint density at radius 3 is 2.00 bits per heavy atom. The van der Waals surface area contributed by atoms with Gasteiger partial charge < -0.3 is 9.80 Å². The van der Waals surface area contributed by atoms with Gasteiger partial charge in [-0.05, 0) is 44.7 Å². The topological polar surface area (TPSA) is 42.9 Å². The number of halogens is 3. The molecule has 0 aliphatic carbocycles. The van der Waals surface area contributed by atoms with E-state index in [0.29, 0.717) is 6.04 Å². The van der Waals surface area contributed by atoms with Crippen LogP contribution in [0.1, 0.15) is 29.8 Å². The number of hydrogen-bond donors (Lipinski definition) is 0. The maximum atomic E-state index is 12.7. The molecule has 6 nitrogen and oxygen atoms in total. The summed E-state index contributed by atoms with van der Waals surface area (Å²) in [6.45, 7) is 13.5. The fraction of sp³-hybridized carbons (Fsp3) is 0.520. The normalized spacial score (nSPS) is 17.5. The van der Waals surface area contributed by atoms with Gasteiger partial charge in [-0.25, -0.2) is 0 Å². The third-order valence-electron chi connectivity index (χ3n) is 6.59. The molecule has 1 aromatic heterocycles. The number of carbonyl (C=O) groups excluding carboxylic acids is 1. The lowest BCUT2D eigenvalue weighted by atomic mass is 10.1. The molecule has 2 fully saturated rings. The molecule has 9 heteroatoms. The molecule has 4 rings (SSSR count). The maximum absolute atomic E-state index is 12.7. The highest BCUT2D eigenvalue weighted by atomic mass is 35.5. The first-order valence-corrected chi connectivity index (χ1v) is 11.5. The molecule has 0 atom stereocenters. The number of piperazine rings is 2. The molecule has 34 heavy (non-hydrogen) atoms. The Bertz CT molecular complexity index is 863. The van der Waals surface area contributed by atoms with E-state index in [1.165, 1.54) is 5.56 Å². The number of hydrogen-bond acceptors (Lipinski definition) is 5. The summed E-state index contributed by atoms with van der Waals surface area (Å²) >= 11 is 0. The van der Waals surface area contributed by atoms with Crippen LogP contribution in [0.3, 0.4) is 0 Å². The maximum Gasteiger partial charge on any atom is 0.253 e. The molecule has 0 bridgehead atoms. The number of rotatable bonds is 5. The SMILES string of the molecule is CC(C)N1CCN(Cc2ccc(-c3ccc(C(=O)N4CCN(C)CC4)cc3)nc2)CC1.Cl.Cl.Cl. The van der Waals surface area contributed by atoms with Crippen LogP contribution in [0.5, 0.6) is 0 Å². The Morgan fingerprint density at radius 1 is 0.853 bits per heavy atom. The van der Waals surface area contributed by atoms with E-state index in [4.69, 9.17) is 4.98 Å². The highest BCUT2D eigenvalue weighted by molar-refractivity contribution is 5.94. The predicted molar refractivity (Wildman–Crippen MR) is 147 cm³/mol. The molecule has 2 aliphatic heterocycles. The van der Waals surface area contributed by atoms with Crippen molar-refractivity contribution in [2.45, 2.75) is 26.4 Å². The molecule has 2 aromatic rings. The minimum atomic E-state index is 0. The fourth-order valence-corrected chi connectivity index (χ4v) is 4.36. The van der Waals surface area contributed by atoms with Gasteiger partial charge in [-0.3, -0.25) is 19.6 Å². The Morgan fingerprint density at radius 2 is 1.47 bits per heavy atom. The summed E-state index contributed by atoms with van der Waals surface area (Å²) < 4.78 is 0. The van der Waals surface area contributed by atoms with Gasteiger partial charge in [-0.1, -0.05) is 18.2 Å². The first-order chi connectivity index (χ1) is 15.0. The lowest BCUT2D eigenvalue weighted by Crippen LogP contribution is -2.48. The summed E-state index contributed by atoms with van der Waals surface area (Å²) in [7, 11) is 2.10. The molecule has 0 saturated carbocycles. The van der Waals surface area contributed by atoms with E-state index in [1.807, 2.05) is 35.4 Å². The molecule has 190 valence electrons. The third-order valence-corrected chi connectivity index (χ3v) is 6.59. The van der Waals surface area contributed by atoms with Crippen LogP contribution < -0.4 is 0 Å². The monoisotopic (exact) mass is 529 g/mol. The van der Waals surface area contributed by atoms with Crippen molar-refractivity contribution in [1.29, 1.82) is 0 Å². The largest absolute Gasteiger partial charge is 0.336 e. The highest BCUT2D eigenvalue weighted by Crippen LogP contribution is 2.20. The summed E-state index contributed by atoms with van der Waals surface area (Å²) in [5, 5.41) is 0. The fourth-order valence-electron chi connectivity index (χ4n) is 4.36. The van der Waals surface area contributed by atoms with Crippen LogP contribution in [0.15, 0.2) is 42.6 Å². The summed E-state index contributed by atoms with van der Waals surface area (Å²) in [6.07, 6.45) is 1.99. The van der Waals surface area contributed by atoms with E-state index >= 15 is 0 Å². The average Bonchev–Trinajstić information content (AvgIpc) is 2.80. The second-order valence-corrected chi connectivity index (χ2v) is 9.13. The van der Waals surface area contributed by atoms with E-state index in [2.05, 4.69) is 47.7 Å². The minimum Gasteiger partial charge on any atom is -0.336 e. The molecular formula is C25H38Cl3N5O. The van der Waals surface area contributed by atoms with E-state index < -0.39 is 0 Å². The first kappa shape index (κ1) is 30.6. The van der Waals surface area contributed by atoms with E-state index in [9.17, 15) is 4.79 Å². The average molecular weight is 531 g/mol. The van der Waals surface area contributed by atoms with Gasteiger partial charge in [0.15, 0.2) is 0 Å². The van der Waals surface area contributed by atoms with Crippen LogP contribution in [-0.2, 0) is 6.54 Å². The molecule has 0 unspecified atom stereocenters. The quantitative estimate of drug-likeness (QED) is 0.586. The van der Waals surface area contributed by atoms with Crippen LogP contribution >= 0.6 is 37.2 Å². The Labute approximate surface area is 222 Å². The van der Waals surface area contributed by atoms with E-state index in [-0.39, 0.29) is 43.1 Å². The molecule has 1 amide bonds. The van der Waals surface area contributed by atoms with Crippen molar-refractivity contribution < 1.29 is 4.79 Å². The molecule has 2 saturated heterocycles. The molecular weight excluding hydrogens is 493 g/mol. The zero-order chi connectivity index (χ0) is 21.8. The molecule has 3 heterocycles. The Kier molecular flexibility index (Phi) is 12.8. The van der Waals surface area contributed by atoms with Crippen molar-refractivity contribution in [2.24, 2.45) is 0 Å². The predicted octanol–water partition coefficient (Wildman–Crippen LogP) is 3.93. The Balaban J connectivity index is 0.00000193. The van der Waals surface area contributed by atoms with Crippen molar-refractivity contribution in [3.63, 3.8) is 0 Å². The highest BCUT2D eigenvalue weighted by Gasteiger charge is 2.21. The second kappa shape index (κ2) is 14.2. The third kappa shape index (κ3) is 7.80. The molecule has 0 spiro atoms. The first-order valence-electron chi connectivity index (χ1n) is 11.5. The van der Waals surface area contributed by atoms with Gasteiger partial charge in [0.25, 0.3) is 5.91 Å². The van der Waals surface area contributed by atoms with Gasteiger partial charge in [0.05, 0.1) is 5.69 Å². The van der Waals surface area contributed by atoms with Crippen LogP contribution in [0.2, 0.25) is 0 Å². The van der Waals surface area contributed by atoms with Crippen LogP contribution in [0, 0.1) is 0 Å². The number of benzene rings is 1. The van der Waals surface area contributed by atoms with Crippen molar-refractivity contribution in [1.82, 2.24) is 24.6 Å². The number of amides is 1. The second-order valence-electron chi connectivity index (χ2n) is 9.13. The lowest BCUT2D eigenvalue weighted by Gasteiger charge is -2.36. The van der Waals surface area contributed by atoms with Crippen molar-refractivity contribution in [3.8, 4) is 11.3 Å². The van der Waals surface area contributed by atoms with Crippen LogP contribution in [0.25, 0.3) is 11.3 Å².